The van der Waals surface area contributed by atoms with Crippen LogP contribution < -0.4 is 9.47 Å². The van der Waals surface area contributed by atoms with Crippen molar-refractivity contribution >= 4 is 23.9 Å². The zero-order valence-electron chi connectivity index (χ0n) is 11.0. The van der Waals surface area contributed by atoms with Crippen LogP contribution in [-0.4, -0.2) is 33.1 Å². The lowest BCUT2D eigenvalue weighted by molar-refractivity contribution is -0.142. The number of halogens is 1. The summed E-state index contributed by atoms with van der Waals surface area (Å²) >= 11 is 6.12. The van der Waals surface area contributed by atoms with Gasteiger partial charge in [-0.05, 0) is 12.5 Å². The lowest BCUT2D eigenvalue weighted by Gasteiger charge is -2.14. The predicted molar refractivity (Wildman–Crippen MR) is 70.3 cm³/mol. The third-order valence-corrected chi connectivity index (χ3v) is 2.93. The fourth-order valence-electron chi connectivity index (χ4n) is 1.65. The molecule has 0 aromatic heterocycles. The number of methoxy groups -OCH3 is 2. The van der Waals surface area contributed by atoms with E-state index >= 15 is 0 Å². The van der Waals surface area contributed by atoms with Crippen molar-refractivity contribution in [3.8, 4) is 11.5 Å². The summed E-state index contributed by atoms with van der Waals surface area (Å²) in [4.78, 5) is 22.7. The topological polar surface area (TPSA) is 61.8 Å². The van der Waals surface area contributed by atoms with Gasteiger partial charge >= 0.3 is 5.97 Å². The molecule has 6 heteroatoms. The van der Waals surface area contributed by atoms with Crippen molar-refractivity contribution in [1.82, 2.24) is 0 Å². The van der Waals surface area contributed by atoms with Gasteiger partial charge in [0.1, 0.15) is 11.5 Å². The Morgan fingerprint density at radius 3 is 2.42 bits per heavy atom. The number of ether oxygens (including phenoxy) is 3. The standard InChI is InChI=1S/C13H15ClO5/c1-4-19-12(16)5-8-9(7-15)10(17-2)6-11(18-3)13(8)14/h6-7H,4-5H2,1-3H3. The van der Waals surface area contributed by atoms with Crippen LogP contribution in [0.4, 0.5) is 0 Å². The first-order chi connectivity index (χ1) is 9.08. The van der Waals surface area contributed by atoms with E-state index in [0.29, 0.717) is 23.3 Å². The largest absolute Gasteiger partial charge is 0.496 e. The Balaban J connectivity index is 3.32. The second-order valence-electron chi connectivity index (χ2n) is 3.59. The van der Waals surface area contributed by atoms with Crippen LogP contribution in [0.5, 0.6) is 11.5 Å². The zero-order valence-corrected chi connectivity index (χ0v) is 11.7. The van der Waals surface area contributed by atoms with Crippen molar-refractivity contribution in [2.75, 3.05) is 20.8 Å². The molecule has 1 aromatic carbocycles. The van der Waals surface area contributed by atoms with Crippen LogP contribution in [0.3, 0.4) is 0 Å². The number of esters is 1. The highest BCUT2D eigenvalue weighted by molar-refractivity contribution is 6.33. The lowest BCUT2D eigenvalue weighted by Crippen LogP contribution is -2.11. The molecule has 0 saturated heterocycles. The van der Waals surface area contributed by atoms with Crippen molar-refractivity contribution < 1.29 is 23.8 Å². The van der Waals surface area contributed by atoms with Gasteiger partial charge in [-0.3, -0.25) is 9.59 Å². The number of rotatable bonds is 6. The highest BCUT2D eigenvalue weighted by atomic mass is 35.5. The van der Waals surface area contributed by atoms with Gasteiger partial charge in [-0.2, -0.15) is 0 Å². The Bertz CT molecular complexity index is 484. The molecular formula is C13H15ClO5. The third kappa shape index (κ3) is 3.38. The maximum Gasteiger partial charge on any atom is 0.310 e. The van der Waals surface area contributed by atoms with E-state index in [2.05, 4.69) is 0 Å². The SMILES string of the molecule is CCOC(=O)Cc1c(Cl)c(OC)cc(OC)c1C=O. The third-order valence-electron chi connectivity index (χ3n) is 2.52. The van der Waals surface area contributed by atoms with E-state index in [-0.39, 0.29) is 23.6 Å². The number of hydrogen-bond acceptors (Lipinski definition) is 5. The molecule has 0 saturated carbocycles. The predicted octanol–water partition coefficient (Wildman–Crippen LogP) is 2.28. The molecule has 0 aliphatic heterocycles. The zero-order chi connectivity index (χ0) is 14.4. The van der Waals surface area contributed by atoms with Crippen LogP contribution in [0.25, 0.3) is 0 Å². The van der Waals surface area contributed by atoms with Gasteiger partial charge in [0.25, 0.3) is 0 Å². The molecule has 0 amide bonds. The Kier molecular flexibility index (Phi) is 5.63. The Morgan fingerprint density at radius 2 is 1.95 bits per heavy atom. The molecule has 1 aromatic rings. The summed E-state index contributed by atoms with van der Waals surface area (Å²) in [6.07, 6.45) is 0.479. The Labute approximate surface area is 116 Å². The molecule has 0 unspecified atom stereocenters. The first-order valence-electron chi connectivity index (χ1n) is 5.63. The minimum Gasteiger partial charge on any atom is -0.496 e. The summed E-state index contributed by atoms with van der Waals surface area (Å²) in [5, 5.41) is 0.207. The van der Waals surface area contributed by atoms with Gasteiger partial charge in [-0.25, -0.2) is 0 Å². The number of benzene rings is 1. The van der Waals surface area contributed by atoms with E-state index in [9.17, 15) is 9.59 Å². The number of carbonyl (C=O) groups is 2. The molecule has 0 heterocycles. The van der Waals surface area contributed by atoms with Gasteiger partial charge in [-0.1, -0.05) is 11.6 Å². The van der Waals surface area contributed by atoms with Crippen molar-refractivity contribution in [1.29, 1.82) is 0 Å². The van der Waals surface area contributed by atoms with Gasteiger partial charge < -0.3 is 14.2 Å². The lowest BCUT2D eigenvalue weighted by atomic mass is 10.0. The average molecular weight is 287 g/mol. The molecule has 1 rings (SSSR count). The molecular weight excluding hydrogens is 272 g/mol. The summed E-state index contributed by atoms with van der Waals surface area (Å²) in [6.45, 7) is 1.96. The smallest absolute Gasteiger partial charge is 0.310 e. The van der Waals surface area contributed by atoms with E-state index in [0.717, 1.165) is 0 Å². The molecule has 0 fully saturated rings. The van der Waals surface area contributed by atoms with Crippen LogP contribution in [0.1, 0.15) is 22.8 Å². The first kappa shape index (κ1) is 15.3. The fourth-order valence-corrected chi connectivity index (χ4v) is 1.95. The minimum atomic E-state index is -0.470. The minimum absolute atomic E-state index is 0.117. The second kappa shape index (κ2) is 6.99. The molecule has 0 N–H and O–H groups in total. The van der Waals surface area contributed by atoms with Gasteiger partial charge in [0, 0.05) is 6.07 Å². The Hall–Kier alpha value is -1.75. The molecule has 0 atom stereocenters. The molecule has 19 heavy (non-hydrogen) atoms. The fraction of sp³-hybridized carbons (Fsp3) is 0.385. The average Bonchev–Trinajstić information content (AvgIpc) is 2.41. The first-order valence-corrected chi connectivity index (χ1v) is 6.00. The van der Waals surface area contributed by atoms with Crippen molar-refractivity contribution in [3.63, 3.8) is 0 Å². The maximum absolute atomic E-state index is 11.6. The molecule has 0 aliphatic rings. The number of carbonyl (C=O) groups excluding carboxylic acids is 2. The summed E-state index contributed by atoms with van der Waals surface area (Å²) in [5.41, 5.74) is 0.563. The van der Waals surface area contributed by atoms with E-state index in [1.807, 2.05) is 0 Å². The summed E-state index contributed by atoms with van der Waals surface area (Å²) < 4.78 is 15.0. The molecule has 0 aliphatic carbocycles. The molecule has 0 spiro atoms. The van der Waals surface area contributed by atoms with E-state index in [4.69, 9.17) is 25.8 Å². The van der Waals surface area contributed by atoms with Crippen molar-refractivity contribution in [3.05, 3.63) is 22.2 Å². The van der Waals surface area contributed by atoms with Gasteiger partial charge in [0.15, 0.2) is 6.29 Å². The number of aldehydes is 1. The molecule has 104 valence electrons. The van der Waals surface area contributed by atoms with Gasteiger partial charge in [-0.15, -0.1) is 0 Å². The second-order valence-corrected chi connectivity index (χ2v) is 3.96. The van der Waals surface area contributed by atoms with Crippen LogP contribution in [0.2, 0.25) is 5.02 Å². The molecule has 0 bridgehead atoms. The summed E-state index contributed by atoms with van der Waals surface area (Å²) in [6, 6.07) is 1.50. The number of hydrogen-bond donors (Lipinski definition) is 0. The highest BCUT2D eigenvalue weighted by Gasteiger charge is 2.20. The highest BCUT2D eigenvalue weighted by Crippen LogP contribution is 2.36. The van der Waals surface area contributed by atoms with Crippen LogP contribution in [-0.2, 0) is 16.0 Å². The van der Waals surface area contributed by atoms with Crippen LogP contribution >= 0.6 is 11.6 Å². The normalized spacial score (nSPS) is 9.89. The maximum atomic E-state index is 11.6. The van der Waals surface area contributed by atoms with E-state index in [1.165, 1.54) is 20.3 Å². The van der Waals surface area contributed by atoms with Crippen molar-refractivity contribution in [2.24, 2.45) is 0 Å². The summed E-state index contributed by atoms with van der Waals surface area (Å²) in [5.74, 6) is 0.168. The van der Waals surface area contributed by atoms with Crippen LogP contribution in [0.15, 0.2) is 6.07 Å². The quantitative estimate of drug-likeness (QED) is 0.593. The summed E-state index contributed by atoms with van der Waals surface area (Å²) in [7, 11) is 2.86. The van der Waals surface area contributed by atoms with Crippen molar-refractivity contribution in [2.45, 2.75) is 13.3 Å². The molecule has 0 radical (unpaired) electrons. The van der Waals surface area contributed by atoms with E-state index in [1.54, 1.807) is 6.92 Å². The van der Waals surface area contributed by atoms with E-state index < -0.39 is 5.97 Å². The monoisotopic (exact) mass is 286 g/mol. The van der Waals surface area contributed by atoms with Crippen LogP contribution in [0, 0.1) is 0 Å². The van der Waals surface area contributed by atoms with Gasteiger partial charge in [0.2, 0.25) is 0 Å². The molecule has 5 nitrogen and oxygen atoms in total. The van der Waals surface area contributed by atoms with Gasteiger partial charge in [0.05, 0.1) is 37.8 Å². The Morgan fingerprint density at radius 1 is 1.32 bits per heavy atom.